The molecule has 0 saturated heterocycles. The van der Waals surface area contributed by atoms with Crippen LogP contribution >= 0.6 is 0 Å². The number of fused-ring (bicyclic) bond motifs is 1. The van der Waals surface area contributed by atoms with Gasteiger partial charge in [0, 0.05) is 31.0 Å². The predicted molar refractivity (Wildman–Crippen MR) is 141 cm³/mol. The van der Waals surface area contributed by atoms with Crippen molar-refractivity contribution in [3.05, 3.63) is 95.4 Å². The topological polar surface area (TPSA) is 92.9 Å². The normalized spacial score (nSPS) is 15.3. The highest BCUT2D eigenvalue weighted by Crippen LogP contribution is 2.28. The molecule has 1 aliphatic rings. The van der Waals surface area contributed by atoms with Gasteiger partial charge in [0.2, 0.25) is 11.8 Å². The van der Waals surface area contributed by atoms with Crippen LogP contribution in [-0.2, 0) is 29.0 Å². The fourth-order valence-electron chi connectivity index (χ4n) is 4.31. The Labute approximate surface area is 217 Å². The number of amides is 1. The van der Waals surface area contributed by atoms with Crippen molar-refractivity contribution >= 4 is 11.9 Å². The van der Waals surface area contributed by atoms with Crippen molar-refractivity contribution in [2.45, 2.75) is 52.1 Å². The summed E-state index contributed by atoms with van der Waals surface area (Å²) in [4.78, 5) is 30.7. The van der Waals surface area contributed by atoms with Crippen LogP contribution in [0.2, 0.25) is 0 Å². The lowest BCUT2D eigenvalue weighted by Gasteiger charge is -2.34. The number of ether oxygens (including phenoxy) is 1. The molecule has 0 spiro atoms. The zero-order valence-electron chi connectivity index (χ0n) is 21.2. The lowest BCUT2D eigenvalue weighted by molar-refractivity contribution is -0.149. The summed E-state index contributed by atoms with van der Waals surface area (Å²) in [5, 5.41) is 9.73. The number of aromatic nitrogens is 1. The van der Waals surface area contributed by atoms with Crippen LogP contribution in [0.5, 0.6) is 5.75 Å². The van der Waals surface area contributed by atoms with E-state index in [1.165, 1.54) is 11.0 Å². The minimum atomic E-state index is -1.01. The molecule has 192 valence electrons. The highest BCUT2D eigenvalue weighted by Gasteiger charge is 2.33. The van der Waals surface area contributed by atoms with Crippen LogP contribution in [-0.4, -0.2) is 39.5 Å². The summed E-state index contributed by atoms with van der Waals surface area (Å²) in [5.41, 5.74) is 3.58. The van der Waals surface area contributed by atoms with Gasteiger partial charge in [-0.2, -0.15) is 0 Å². The molecule has 0 unspecified atom stereocenters. The molecule has 7 heteroatoms. The second-order valence-corrected chi connectivity index (χ2v) is 9.02. The summed E-state index contributed by atoms with van der Waals surface area (Å²) in [7, 11) is 0. The molecule has 0 fully saturated rings. The third-order valence-electron chi connectivity index (χ3n) is 6.34. The molecule has 7 nitrogen and oxygen atoms in total. The molecule has 0 bridgehead atoms. The minimum Gasteiger partial charge on any atom is -0.493 e. The zero-order chi connectivity index (χ0) is 26.2. The molecule has 1 aliphatic heterocycles. The highest BCUT2D eigenvalue weighted by molar-refractivity contribution is 5.92. The largest absolute Gasteiger partial charge is 0.493 e. The van der Waals surface area contributed by atoms with E-state index in [4.69, 9.17) is 9.15 Å². The van der Waals surface area contributed by atoms with Crippen LogP contribution in [0.25, 0.3) is 11.5 Å². The highest BCUT2D eigenvalue weighted by atomic mass is 16.5. The number of carbonyl (C=O) groups is 2. The molecule has 4 rings (SSSR count). The van der Waals surface area contributed by atoms with Crippen molar-refractivity contribution in [3.8, 4) is 17.2 Å². The van der Waals surface area contributed by atoms with Gasteiger partial charge in [0.15, 0.2) is 0 Å². The number of carboxylic acid groups (broad SMARTS) is 1. The molecular formula is C30H32N2O5. The lowest BCUT2D eigenvalue weighted by atomic mass is 9.93. The molecule has 0 aliphatic carbocycles. The smallest absolute Gasteiger partial charge is 0.326 e. The van der Waals surface area contributed by atoms with E-state index in [1.807, 2.05) is 67.6 Å². The summed E-state index contributed by atoms with van der Waals surface area (Å²) in [5.74, 6) is 0.699. The van der Waals surface area contributed by atoms with Crippen molar-refractivity contribution in [2.24, 2.45) is 0 Å². The summed E-state index contributed by atoms with van der Waals surface area (Å²) in [6.45, 7) is 4.60. The van der Waals surface area contributed by atoms with Crippen molar-refractivity contribution in [1.82, 2.24) is 9.88 Å². The molecule has 1 atom stereocenters. The van der Waals surface area contributed by atoms with Gasteiger partial charge in [-0.15, -0.1) is 0 Å². The van der Waals surface area contributed by atoms with E-state index < -0.39 is 12.0 Å². The molecule has 2 heterocycles. The first-order chi connectivity index (χ1) is 18.0. The molecule has 1 N–H and O–H groups in total. The van der Waals surface area contributed by atoms with Crippen molar-refractivity contribution < 1.29 is 23.8 Å². The Morgan fingerprint density at radius 3 is 2.73 bits per heavy atom. The Kier molecular flexibility index (Phi) is 8.56. The van der Waals surface area contributed by atoms with E-state index in [1.54, 1.807) is 6.08 Å². The van der Waals surface area contributed by atoms with E-state index in [0.29, 0.717) is 24.7 Å². The van der Waals surface area contributed by atoms with Gasteiger partial charge >= 0.3 is 5.97 Å². The Bertz CT molecular complexity index is 1290. The number of aliphatic carboxylic acids is 1. The van der Waals surface area contributed by atoms with Crippen LogP contribution in [0.1, 0.15) is 42.3 Å². The molecule has 0 radical (unpaired) electrons. The maximum absolute atomic E-state index is 12.8. The van der Waals surface area contributed by atoms with Crippen molar-refractivity contribution in [2.75, 3.05) is 6.61 Å². The van der Waals surface area contributed by atoms with Crippen molar-refractivity contribution in [3.63, 3.8) is 0 Å². The second-order valence-electron chi connectivity index (χ2n) is 9.02. The third kappa shape index (κ3) is 6.55. The van der Waals surface area contributed by atoms with Crippen LogP contribution in [0.3, 0.4) is 0 Å². The van der Waals surface area contributed by atoms with Crippen LogP contribution < -0.4 is 4.74 Å². The van der Waals surface area contributed by atoms with Gasteiger partial charge < -0.3 is 19.2 Å². The van der Waals surface area contributed by atoms with E-state index >= 15 is 0 Å². The summed E-state index contributed by atoms with van der Waals surface area (Å²) in [6.07, 6.45) is 9.70. The quantitative estimate of drug-likeness (QED) is 0.291. The average molecular weight is 501 g/mol. The number of unbranched alkanes of at least 4 members (excludes halogenated alkanes) is 1. The van der Waals surface area contributed by atoms with Crippen molar-refractivity contribution in [1.29, 1.82) is 0 Å². The molecule has 2 aromatic carbocycles. The van der Waals surface area contributed by atoms with E-state index in [-0.39, 0.29) is 18.9 Å². The monoisotopic (exact) mass is 500 g/mol. The average Bonchev–Trinajstić information content (AvgIpc) is 3.28. The van der Waals surface area contributed by atoms with E-state index in [2.05, 4.69) is 11.9 Å². The molecular weight excluding hydrogens is 468 g/mol. The Balaban J connectivity index is 1.41. The summed E-state index contributed by atoms with van der Waals surface area (Å²) in [6, 6.07) is 14.5. The van der Waals surface area contributed by atoms with Gasteiger partial charge in [0.05, 0.1) is 12.3 Å². The van der Waals surface area contributed by atoms with Crippen LogP contribution in [0.4, 0.5) is 0 Å². The second kappa shape index (κ2) is 12.2. The number of carboxylic acids is 1. The van der Waals surface area contributed by atoms with Gasteiger partial charge in [-0.05, 0) is 48.7 Å². The fraction of sp³-hybridized carbons (Fsp3) is 0.300. The standard InChI is InChI=1S/C30H32N2O5/c1-3-4-5-6-10-13-28(33)32-20-24-18-25(15-14-23(24)19-27(32)30(34)35)36-17-16-26-21(2)37-29(31-26)22-11-8-7-9-12-22/h5-15,18,27H,3-4,16-17,19-20H2,1-2H3,(H,34,35)/b6-5+,13-10+/t27-/m0/s1. The van der Waals surface area contributed by atoms with Gasteiger partial charge in [-0.3, -0.25) is 4.79 Å². The molecule has 37 heavy (non-hydrogen) atoms. The zero-order valence-corrected chi connectivity index (χ0v) is 21.2. The predicted octanol–water partition coefficient (Wildman–Crippen LogP) is 5.52. The first-order valence-electron chi connectivity index (χ1n) is 12.6. The number of hydrogen-bond donors (Lipinski definition) is 1. The van der Waals surface area contributed by atoms with Gasteiger partial charge in [0.25, 0.3) is 0 Å². The Hall–Kier alpha value is -4.13. The Morgan fingerprint density at radius 1 is 1.16 bits per heavy atom. The SMILES string of the molecule is CCC/C=C/C=C/C(=O)N1Cc2cc(OCCc3nc(-c4ccccc4)oc3C)ccc2C[C@H]1C(=O)O. The maximum atomic E-state index is 12.8. The van der Waals surface area contributed by atoms with E-state index in [0.717, 1.165) is 41.0 Å². The van der Waals surface area contributed by atoms with Gasteiger partial charge in [-0.1, -0.05) is 55.8 Å². The van der Waals surface area contributed by atoms with E-state index in [9.17, 15) is 14.7 Å². The molecule has 1 aromatic heterocycles. The number of allylic oxidation sites excluding steroid dienone is 3. The molecule has 1 amide bonds. The number of rotatable bonds is 10. The number of nitrogens with zero attached hydrogens (tertiary/aromatic N) is 2. The number of benzene rings is 2. The first kappa shape index (κ1) is 25.9. The number of oxazole rings is 1. The lowest BCUT2D eigenvalue weighted by Crippen LogP contribution is -2.48. The first-order valence-corrected chi connectivity index (χ1v) is 12.6. The molecule has 3 aromatic rings. The van der Waals surface area contributed by atoms with Crippen LogP contribution in [0, 0.1) is 6.92 Å². The summed E-state index contributed by atoms with van der Waals surface area (Å²) < 4.78 is 11.8. The Morgan fingerprint density at radius 2 is 1.97 bits per heavy atom. The van der Waals surface area contributed by atoms with Gasteiger partial charge in [-0.25, -0.2) is 9.78 Å². The maximum Gasteiger partial charge on any atom is 0.326 e. The van der Waals surface area contributed by atoms with Crippen LogP contribution in [0.15, 0.2) is 77.3 Å². The molecule has 0 saturated carbocycles. The fourth-order valence-corrected chi connectivity index (χ4v) is 4.31. The number of carbonyl (C=O) groups excluding carboxylic acids is 1. The number of aryl methyl sites for hydroxylation is 1. The minimum absolute atomic E-state index is 0.216. The third-order valence-corrected chi connectivity index (χ3v) is 6.34. The summed E-state index contributed by atoms with van der Waals surface area (Å²) >= 11 is 0. The number of hydrogen-bond acceptors (Lipinski definition) is 5. The van der Waals surface area contributed by atoms with Gasteiger partial charge in [0.1, 0.15) is 17.6 Å².